The molecule has 2 rings (SSSR count). The molecule has 5 nitrogen and oxygen atoms in total. The number of H-pyrrole nitrogens is 1. The molecule has 120 valence electrons. The lowest BCUT2D eigenvalue weighted by Crippen LogP contribution is -2.25. The second-order valence-corrected chi connectivity index (χ2v) is 5.50. The van der Waals surface area contributed by atoms with E-state index in [-0.39, 0.29) is 5.91 Å². The maximum atomic E-state index is 11.7. The number of nitrogens with zero attached hydrogens (tertiary/aromatic N) is 1. The topological polar surface area (TPSA) is 67.0 Å². The Bertz CT molecular complexity index is 607. The highest BCUT2D eigenvalue weighted by molar-refractivity contribution is 5.81. The van der Waals surface area contributed by atoms with Crippen LogP contribution in [0, 0.1) is 0 Å². The lowest BCUT2D eigenvalue weighted by Gasteiger charge is -2.05. The molecule has 0 bridgehead atoms. The average molecular weight is 303 g/mol. The van der Waals surface area contributed by atoms with Crippen molar-refractivity contribution in [3.63, 3.8) is 0 Å². The van der Waals surface area contributed by atoms with Gasteiger partial charge in [-0.15, -0.1) is 0 Å². The van der Waals surface area contributed by atoms with E-state index >= 15 is 0 Å². The Morgan fingerprint density at radius 1 is 1.36 bits per heavy atom. The van der Waals surface area contributed by atoms with Gasteiger partial charge in [-0.1, -0.05) is 26.2 Å². The van der Waals surface area contributed by atoms with E-state index in [4.69, 9.17) is 4.74 Å². The van der Waals surface area contributed by atoms with Gasteiger partial charge >= 0.3 is 0 Å². The van der Waals surface area contributed by atoms with Crippen molar-refractivity contribution in [2.24, 2.45) is 0 Å². The molecule has 22 heavy (non-hydrogen) atoms. The Morgan fingerprint density at radius 3 is 3.00 bits per heavy atom. The quantitative estimate of drug-likeness (QED) is 0.699. The van der Waals surface area contributed by atoms with Gasteiger partial charge in [-0.05, 0) is 24.5 Å². The number of ether oxygens (including phenoxy) is 1. The molecule has 2 heterocycles. The standard InChI is InChI=1S/C17H25N3O2/c1-3-4-5-6-7-16(21)18-9-8-13-11-19-17-15(13)10-14(22-2)12-20-17/h10-12H,3-9H2,1-2H3,(H,18,21)(H,19,20). The predicted octanol–water partition coefficient (Wildman–Crippen LogP) is 3.20. The molecule has 5 heteroatoms. The molecule has 0 fully saturated rings. The Morgan fingerprint density at radius 2 is 2.23 bits per heavy atom. The normalized spacial score (nSPS) is 10.8. The fraction of sp³-hybridized carbons (Fsp3) is 0.529. The minimum Gasteiger partial charge on any atom is -0.495 e. The van der Waals surface area contributed by atoms with Crippen LogP contribution in [0.1, 0.15) is 44.6 Å². The molecular formula is C17H25N3O2. The Balaban J connectivity index is 1.80. The van der Waals surface area contributed by atoms with Crippen LogP contribution >= 0.6 is 0 Å². The van der Waals surface area contributed by atoms with Gasteiger partial charge in [0.15, 0.2) is 0 Å². The number of carbonyl (C=O) groups is 1. The molecule has 1 amide bonds. The third-order valence-electron chi connectivity index (χ3n) is 3.80. The number of aromatic amines is 1. The van der Waals surface area contributed by atoms with Gasteiger partial charge in [-0.25, -0.2) is 4.98 Å². The third kappa shape index (κ3) is 4.48. The molecule has 0 radical (unpaired) electrons. The largest absolute Gasteiger partial charge is 0.495 e. The van der Waals surface area contributed by atoms with E-state index in [0.29, 0.717) is 13.0 Å². The van der Waals surface area contributed by atoms with Gasteiger partial charge in [0.05, 0.1) is 13.3 Å². The molecule has 0 aliphatic carbocycles. The van der Waals surface area contributed by atoms with E-state index in [2.05, 4.69) is 22.2 Å². The van der Waals surface area contributed by atoms with Crippen molar-refractivity contribution in [2.75, 3.05) is 13.7 Å². The van der Waals surface area contributed by atoms with Crippen LogP contribution in [-0.2, 0) is 11.2 Å². The molecule has 0 aliphatic heterocycles. The summed E-state index contributed by atoms with van der Waals surface area (Å²) in [5.41, 5.74) is 1.99. The van der Waals surface area contributed by atoms with E-state index in [1.54, 1.807) is 13.3 Å². The Hall–Kier alpha value is -2.04. The summed E-state index contributed by atoms with van der Waals surface area (Å²) < 4.78 is 5.21. The van der Waals surface area contributed by atoms with Crippen LogP contribution in [-0.4, -0.2) is 29.5 Å². The van der Waals surface area contributed by atoms with Crippen molar-refractivity contribution in [1.29, 1.82) is 0 Å². The molecule has 0 atom stereocenters. The minimum atomic E-state index is 0.145. The fourth-order valence-electron chi connectivity index (χ4n) is 2.49. The summed E-state index contributed by atoms with van der Waals surface area (Å²) in [7, 11) is 1.63. The number of pyridine rings is 1. The molecule has 0 unspecified atom stereocenters. The minimum absolute atomic E-state index is 0.145. The zero-order valence-corrected chi connectivity index (χ0v) is 13.4. The molecule has 0 saturated heterocycles. The van der Waals surface area contributed by atoms with Crippen LogP contribution in [0.2, 0.25) is 0 Å². The monoisotopic (exact) mass is 303 g/mol. The van der Waals surface area contributed by atoms with Crippen molar-refractivity contribution in [2.45, 2.75) is 45.4 Å². The smallest absolute Gasteiger partial charge is 0.220 e. The highest BCUT2D eigenvalue weighted by Crippen LogP contribution is 2.21. The molecule has 0 aliphatic rings. The van der Waals surface area contributed by atoms with Gasteiger partial charge in [-0.2, -0.15) is 0 Å². The number of nitrogens with one attached hydrogen (secondary N) is 2. The third-order valence-corrected chi connectivity index (χ3v) is 3.80. The van der Waals surface area contributed by atoms with Gasteiger partial charge in [0, 0.05) is 24.5 Å². The summed E-state index contributed by atoms with van der Waals surface area (Å²) in [6.07, 6.45) is 9.58. The van der Waals surface area contributed by atoms with Crippen LogP contribution in [0.3, 0.4) is 0 Å². The highest BCUT2D eigenvalue weighted by atomic mass is 16.5. The summed E-state index contributed by atoms with van der Waals surface area (Å²) in [5.74, 6) is 0.889. The zero-order chi connectivity index (χ0) is 15.8. The van der Waals surface area contributed by atoms with Gasteiger partial charge in [0.25, 0.3) is 0 Å². The number of hydrogen-bond donors (Lipinski definition) is 2. The summed E-state index contributed by atoms with van der Waals surface area (Å²) in [4.78, 5) is 19.2. The second kappa shape index (κ2) is 8.41. The number of amides is 1. The molecule has 2 aromatic rings. The van der Waals surface area contributed by atoms with Crippen molar-refractivity contribution in [1.82, 2.24) is 15.3 Å². The molecule has 0 saturated carbocycles. The Kier molecular flexibility index (Phi) is 6.25. The first-order valence-electron chi connectivity index (χ1n) is 8.01. The summed E-state index contributed by atoms with van der Waals surface area (Å²) in [6, 6.07) is 1.97. The number of methoxy groups -OCH3 is 1. The lowest BCUT2D eigenvalue weighted by atomic mass is 10.1. The van der Waals surface area contributed by atoms with Crippen molar-refractivity contribution in [3.05, 3.63) is 24.0 Å². The summed E-state index contributed by atoms with van der Waals surface area (Å²) in [5, 5.41) is 4.04. The number of aromatic nitrogens is 2. The number of rotatable bonds is 9. The molecule has 0 aromatic carbocycles. The van der Waals surface area contributed by atoms with Crippen LogP contribution in [0.5, 0.6) is 5.75 Å². The van der Waals surface area contributed by atoms with Gasteiger partial charge < -0.3 is 15.0 Å². The summed E-state index contributed by atoms with van der Waals surface area (Å²) >= 11 is 0. The van der Waals surface area contributed by atoms with E-state index in [9.17, 15) is 4.79 Å². The molecule has 2 aromatic heterocycles. The molecular weight excluding hydrogens is 278 g/mol. The van der Waals surface area contributed by atoms with Crippen LogP contribution in [0.15, 0.2) is 18.5 Å². The fourth-order valence-corrected chi connectivity index (χ4v) is 2.49. The van der Waals surface area contributed by atoms with Gasteiger partial charge in [-0.3, -0.25) is 4.79 Å². The number of unbranched alkanes of at least 4 members (excludes halogenated alkanes) is 3. The first-order chi connectivity index (χ1) is 10.7. The Labute approximate surface area is 131 Å². The van der Waals surface area contributed by atoms with Crippen LogP contribution < -0.4 is 10.1 Å². The summed E-state index contributed by atoms with van der Waals surface area (Å²) in [6.45, 7) is 2.82. The average Bonchev–Trinajstić information content (AvgIpc) is 2.94. The molecule has 2 N–H and O–H groups in total. The molecule has 0 spiro atoms. The zero-order valence-electron chi connectivity index (χ0n) is 13.4. The van der Waals surface area contributed by atoms with E-state index in [1.165, 1.54) is 12.8 Å². The number of fused-ring (bicyclic) bond motifs is 1. The number of hydrogen-bond acceptors (Lipinski definition) is 3. The van der Waals surface area contributed by atoms with Gasteiger partial charge in [0.1, 0.15) is 11.4 Å². The maximum Gasteiger partial charge on any atom is 0.220 e. The van der Waals surface area contributed by atoms with Crippen LogP contribution in [0.25, 0.3) is 11.0 Å². The highest BCUT2D eigenvalue weighted by Gasteiger charge is 2.07. The lowest BCUT2D eigenvalue weighted by molar-refractivity contribution is -0.121. The van der Waals surface area contributed by atoms with Crippen molar-refractivity contribution >= 4 is 16.9 Å². The predicted molar refractivity (Wildman–Crippen MR) is 88.1 cm³/mol. The van der Waals surface area contributed by atoms with Crippen LogP contribution in [0.4, 0.5) is 0 Å². The van der Waals surface area contributed by atoms with Gasteiger partial charge in [0.2, 0.25) is 5.91 Å². The van der Waals surface area contributed by atoms with E-state index in [0.717, 1.165) is 41.6 Å². The first-order valence-corrected chi connectivity index (χ1v) is 8.01. The van der Waals surface area contributed by atoms with E-state index < -0.39 is 0 Å². The van der Waals surface area contributed by atoms with Crippen molar-refractivity contribution in [3.8, 4) is 5.75 Å². The SMILES string of the molecule is CCCCCCC(=O)NCCc1c[nH]c2ncc(OC)cc12. The number of carbonyl (C=O) groups excluding carboxylic acids is 1. The van der Waals surface area contributed by atoms with Crippen molar-refractivity contribution < 1.29 is 9.53 Å². The van der Waals surface area contributed by atoms with E-state index in [1.807, 2.05) is 12.3 Å². The maximum absolute atomic E-state index is 11.7. The first kappa shape index (κ1) is 16.3. The second-order valence-electron chi connectivity index (χ2n) is 5.50.